The van der Waals surface area contributed by atoms with Crippen molar-refractivity contribution in [1.29, 1.82) is 0 Å². The highest BCUT2D eigenvalue weighted by molar-refractivity contribution is 7.91. The van der Waals surface area contributed by atoms with Crippen molar-refractivity contribution in [2.24, 2.45) is 11.8 Å². The van der Waals surface area contributed by atoms with Gasteiger partial charge in [-0.3, -0.25) is 11.3 Å². The molecule has 3 N–H and O–H groups in total. The van der Waals surface area contributed by atoms with Gasteiger partial charge >= 0.3 is 0 Å². The Morgan fingerprint density at radius 2 is 2.14 bits per heavy atom. The SMILES string of the molecule is COc1ccc(C(NN)C2CCCC(S(C)(=O)=O)C2)nn1. The van der Waals surface area contributed by atoms with Crippen LogP contribution in [0, 0.1) is 5.92 Å². The lowest BCUT2D eigenvalue weighted by molar-refractivity contribution is 0.268. The van der Waals surface area contributed by atoms with E-state index in [1.54, 1.807) is 12.1 Å². The number of sulfone groups is 1. The molecular weight excluding hydrogens is 292 g/mol. The largest absolute Gasteiger partial charge is 0.480 e. The van der Waals surface area contributed by atoms with Crippen LogP contribution in [-0.2, 0) is 9.84 Å². The van der Waals surface area contributed by atoms with Crippen molar-refractivity contribution >= 4 is 9.84 Å². The van der Waals surface area contributed by atoms with Crippen LogP contribution in [0.4, 0.5) is 0 Å². The molecule has 0 amide bonds. The molecule has 0 aliphatic heterocycles. The molecule has 118 valence electrons. The zero-order valence-electron chi connectivity index (χ0n) is 12.3. The number of aromatic nitrogens is 2. The van der Waals surface area contributed by atoms with Crippen molar-refractivity contribution in [3.63, 3.8) is 0 Å². The van der Waals surface area contributed by atoms with Gasteiger partial charge in [0.15, 0.2) is 0 Å². The summed E-state index contributed by atoms with van der Waals surface area (Å²) in [5.74, 6) is 6.23. The molecule has 1 aromatic heterocycles. The maximum atomic E-state index is 11.8. The third-order valence-electron chi connectivity index (χ3n) is 4.11. The molecule has 1 saturated carbocycles. The molecule has 8 heteroatoms. The van der Waals surface area contributed by atoms with E-state index in [-0.39, 0.29) is 17.2 Å². The highest BCUT2D eigenvalue weighted by atomic mass is 32.2. The minimum Gasteiger partial charge on any atom is -0.480 e. The highest BCUT2D eigenvalue weighted by Gasteiger charge is 2.34. The fourth-order valence-electron chi connectivity index (χ4n) is 2.94. The average Bonchev–Trinajstić information content (AvgIpc) is 2.48. The van der Waals surface area contributed by atoms with Crippen LogP contribution in [0.5, 0.6) is 5.88 Å². The standard InChI is InChI=1S/C13H22N4O3S/c1-20-12-7-6-11(16-17-12)13(15-14)9-4-3-5-10(8-9)21(2,18)19/h6-7,9-10,13,15H,3-5,8,14H2,1-2H3. The molecule has 3 atom stereocenters. The number of hydrazine groups is 1. The molecular formula is C13H22N4O3S. The number of methoxy groups -OCH3 is 1. The van der Waals surface area contributed by atoms with Crippen LogP contribution in [0.25, 0.3) is 0 Å². The van der Waals surface area contributed by atoms with Crippen LogP contribution in [0.15, 0.2) is 12.1 Å². The van der Waals surface area contributed by atoms with Crippen LogP contribution in [-0.4, -0.2) is 37.2 Å². The summed E-state index contributed by atoms with van der Waals surface area (Å²) in [5, 5.41) is 7.77. The third kappa shape index (κ3) is 3.90. The molecule has 1 aromatic rings. The van der Waals surface area contributed by atoms with Gasteiger partial charge in [0, 0.05) is 12.3 Å². The van der Waals surface area contributed by atoms with E-state index in [9.17, 15) is 8.42 Å². The van der Waals surface area contributed by atoms with Crippen LogP contribution in [0.3, 0.4) is 0 Å². The highest BCUT2D eigenvalue weighted by Crippen LogP contribution is 2.35. The Labute approximate surface area is 125 Å². The quantitative estimate of drug-likeness (QED) is 0.605. The maximum Gasteiger partial charge on any atom is 0.233 e. The summed E-state index contributed by atoms with van der Waals surface area (Å²) in [7, 11) is -1.49. The molecule has 0 radical (unpaired) electrons. The number of nitrogens with one attached hydrogen (secondary N) is 1. The van der Waals surface area contributed by atoms with E-state index in [2.05, 4.69) is 15.6 Å². The molecule has 0 spiro atoms. The molecule has 1 fully saturated rings. The van der Waals surface area contributed by atoms with Gasteiger partial charge in [-0.1, -0.05) is 6.42 Å². The molecule has 1 aliphatic rings. The smallest absolute Gasteiger partial charge is 0.233 e. The average molecular weight is 314 g/mol. The Hall–Kier alpha value is -1.25. The normalized spacial score (nSPS) is 24.5. The van der Waals surface area contributed by atoms with Crippen LogP contribution in [0.2, 0.25) is 0 Å². The summed E-state index contributed by atoms with van der Waals surface area (Å²) in [6, 6.07) is 3.33. The Morgan fingerprint density at radius 3 is 2.67 bits per heavy atom. The van der Waals surface area contributed by atoms with Gasteiger partial charge in [-0.05, 0) is 31.2 Å². The summed E-state index contributed by atoms with van der Waals surface area (Å²) in [6.45, 7) is 0. The fraction of sp³-hybridized carbons (Fsp3) is 0.692. The molecule has 1 aliphatic carbocycles. The zero-order valence-corrected chi connectivity index (χ0v) is 13.1. The first-order valence-corrected chi connectivity index (χ1v) is 8.93. The number of rotatable bonds is 5. The lowest BCUT2D eigenvalue weighted by atomic mass is 9.82. The van der Waals surface area contributed by atoms with Crippen molar-refractivity contribution in [2.45, 2.75) is 37.0 Å². The lowest BCUT2D eigenvalue weighted by Crippen LogP contribution is -2.38. The molecule has 0 aromatic carbocycles. The molecule has 2 rings (SSSR count). The van der Waals surface area contributed by atoms with Gasteiger partial charge in [-0.15, -0.1) is 5.10 Å². The Morgan fingerprint density at radius 1 is 1.38 bits per heavy atom. The number of ether oxygens (including phenoxy) is 1. The van der Waals surface area contributed by atoms with E-state index in [0.717, 1.165) is 19.3 Å². The first-order valence-electron chi connectivity index (χ1n) is 6.98. The van der Waals surface area contributed by atoms with Gasteiger partial charge < -0.3 is 4.74 Å². The predicted molar refractivity (Wildman–Crippen MR) is 79.2 cm³/mol. The molecule has 21 heavy (non-hydrogen) atoms. The van der Waals surface area contributed by atoms with Gasteiger partial charge in [0.25, 0.3) is 0 Å². The van der Waals surface area contributed by atoms with Gasteiger partial charge in [0.1, 0.15) is 9.84 Å². The van der Waals surface area contributed by atoms with E-state index in [1.807, 2.05) is 0 Å². The summed E-state index contributed by atoms with van der Waals surface area (Å²) < 4.78 is 28.5. The minimum absolute atomic E-state index is 0.131. The van der Waals surface area contributed by atoms with Crippen molar-refractivity contribution < 1.29 is 13.2 Å². The zero-order chi connectivity index (χ0) is 15.5. The lowest BCUT2D eigenvalue weighted by Gasteiger charge is -2.33. The Bertz CT molecular complexity index is 561. The summed E-state index contributed by atoms with van der Waals surface area (Å²) >= 11 is 0. The molecule has 3 unspecified atom stereocenters. The van der Waals surface area contributed by atoms with Gasteiger partial charge in [0.2, 0.25) is 5.88 Å². The number of hydrogen-bond acceptors (Lipinski definition) is 7. The van der Waals surface area contributed by atoms with Crippen molar-refractivity contribution in [3.8, 4) is 5.88 Å². The maximum absolute atomic E-state index is 11.8. The second-order valence-corrected chi connectivity index (χ2v) is 7.85. The van der Waals surface area contributed by atoms with E-state index in [0.29, 0.717) is 18.0 Å². The van der Waals surface area contributed by atoms with Crippen molar-refractivity contribution in [3.05, 3.63) is 17.8 Å². The van der Waals surface area contributed by atoms with Crippen LogP contribution < -0.4 is 16.0 Å². The Balaban J connectivity index is 2.16. The number of nitrogens with zero attached hydrogens (tertiary/aromatic N) is 2. The molecule has 0 bridgehead atoms. The Kier molecular flexibility index (Phi) is 5.13. The second kappa shape index (κ2) is 6.67. The van der Waals surface area contributed by atoms with Crippen molar-refractivity contribution in [2.75, 3.05) is 13.4 Å². The predicted octanol–water partition coefficient (Wildman–Crippen LogP) is 0.593. The van der Waals surface area contributed by atoms with E-state index in [1.165, 1.54) is 13.4 Å². The molecule has 7 nitrogen and oxygen atoms in total. The van der Waals surface area contributed by atoms with E-state index in [4.69, 9.17) is 10.6 Å². The van der Waals surface area contributed by atoms with Gasteiger partial charge in [0.05, 0.1) is 24.1 Å². The topological polar surface area (TPSA) is 107 Å². The third-order valence-corrected chi connectivity index (χ3v) is 5.75. The second-order valence-electron chi connectivity index (χ2n) is 5.52. The number of nitrogens with two attached hydrogens (primary N) is 1. The minimum atomic E-state index is -3.02. The monoisotopic (exact) mass is 314 g/mol. The van der Waals surface area contributed by atoms with Gasteiger partial charge in [-0.2, -0.15) is 5.10 Å². The van der Waals surface area contributed by atoms with Crippen molar-refractivity contribution in [1.82, 2.24) is 15.6 Å². The first-order chi connectivity index (χ1) is 9.95. The summed E-state index contributed by atoms with van der Waals surface area (Å²) in [5.41, 5.74) is 3.47. The molecule has 1 heterocycles. The molecule has 0 saturated heterocycles. The van der Waals surface area contributed by atoms with E-state index >= 15 is 0 Å². The van der Waals surface area contributed by atoms with Crippen LogP contribution in [0.1, 0.15) is 37.4 Å². The van der Waals surface area contributed by atoms with Crippen LogP contribution >= 0.6 is 0 Å². The summed E-state index contributed by atoms with van der Waals surface area (Å²) in [4.78, 5) is 0. The summed E-state index contributed by atoms with van der Waals surface area (Å²) in [6.07, 6.45) is 4.43. The first kappa shape index (κ1) is 16.1. The van der Waals surface area contributed by atoms with Gasteiger partial charge in [-0.25, -0.2) is 8.42 Å². The van der Waals surface area contributed by atoms with E-state index < -0.39 is 9.84 Å². The fourth-order valence-corrected chi connectivity index (χ4v) is 4.13. The number of hydrogen-bond donors (Lipinski definition) is 2.